The minimum atomic E-state index is -1.10. The van der Waals surface area contributed by atoms with Crippen molar-refractivity contribution in [2.45, 2.75) is 32.7 Å². The lowest BCUT2D eigenvalue weighted by atomic mass is 9.97. The number of benzene rings is 1. The maximum Gasteiger partial charge on any atom is 0.326 e. The number of aliphatic carboxylic acids is 1. The molecule has 2 atom stereocenters. The molecule has 24 heavy (non-hydrogen) atoms. The molecule has 0 aliphatic carbocycles. The van der Waals surface area contributed by atoms with Gasteiger partial charge in [-0.1, -0.05) is 44.2 Å². The highest BCUT2D eigenvalue weighted by molar-refractivity contribution is 5.85. The average molecular weight is 336 g/mol. The molecule has 0 saturated carbocycles. The smallest absolute Gasteiger partial charge is 0.326 e. The summed E-state index contributed by atoms with van der Waals surface area (Å²) in [5.74, 6) is -2.26. The number of rotatable bonds is 10. The van der Waals surface area contributed by atoms with Crippen molar-refractivity contribution in [3.8, 4) is 0 Å². The summed E-state index contributed by atoms with van der Waals surface area (Å²) in [5.41, 5.74) is 0.854. The minimum absolute atomic E-state index is 0.100. The summed E-state index contributed by atoms with van der Waals surface area (Å²) in [6.45, 7) is 3.52. The number of nitrogens with one attached hydrogen (secondary N) is 1. The zero-order valence-electron chi connectivity index (χ0n) is 13.9. The molecule has 2 amide bonds. The zero-order chi connectivity index (χ0) is 18.1. The molecule has 1 aromatic rings. The largest absolute Gasteiger partial charge is 0.480 e. The number of carbonyl (C=O) groups is 3. The molecule has 132 valence electrons. The van der Waals surface area contributed by atoms with Gasteiger partial charge >= 0.3 is 5.97 Å². The van der Waals surface area contributed by atoms with E-state index in [-0.39, 0.29) is 25.3 Å². The Labute approximate surface area is 141 Å². The first kappa shape index (κ1) is 19.6. The average Bonchev–Trinajstić information content (AvgIpc) is 2.53. The Hall–Kier alpha value is -2.41. The molecule has 0 fully saturated rings. The number of carbonyl (C=O) groups excluding carboxylic acids is 2. The van der Waals surface area contributed by atoms with E-state index in [1.165, 1.54) is 0 Å². The highest BCUT2D eigenvalue weighted by atomic mass is 16.5. The van der Waals surface area contributed by atoms with Gasteiger partial charge in [-0.2, -0.15) is 0 Å². The normalized spacial score (nSPS) is 13.2. The molecule has 1 unspecified atom stereocenters. The van der Waals surface area contributed by atoms with Gasteiger partial charge in [0.15, 0.2) is 0 Å². The van der Waals surface area contributed by atoms with E-state index in [4.69, 9.17) is 0 Å². The lowest BCUT2D eigenvalue weighted by Crippen LogP contribution is -2.47. The Balaban J connectivity index is 2.85. The van der Waals surface area contributed by atoms with Crippen molar-refractivity contribution in [2.24, 2.45) is 11.8 Å². The van der Waals surface area contributed by atoms with Crippen molar-refractivity contribution in [3.05, 3.63) is 35.9 Å². The highest BCUT2D eigenvalue weighted by Gasteiger charge is 2.27. The van der Waals surface area contributed by atoms with Gasteiger partial charge in [0.05, 0.1) is 12.5 Å². The Morgan fingerprint density at radius 1 is 1.25 bits per heavy atom. The second kappa shape index (κ2) is 9.67. The van der Waals surface area contributed by atoms with E-state index < -0.39 is 23.8 Å². The zero-order valence-corrected chi connectivity index (χ0v) is 13.9. The van der Waals surface area contributed by atoms with Crippen molar-refractivity contribution in [1.82, 2.24) is 10.4 Å². The van der Waals surface area contributed by atoms with Gasteiger partial charge in [-0.15, -0.1) is 0 Å². The molecular weight excluding hydrogens is 312 g/mol. The maximum absolute atomic E-state index is 12.5. The number of hydroxylamine groups is 2. The van der Waals surface area contributed by atoms with Crippen LogP contribution in [0.5, 0.6) is 0 Å². The van der Waals surface area contributed by atoms with Gasteiger partial charge in [0.2, 0.25) is 12.3 Å². The van der Waals surface area contributed by atoms with Crippen molar-refractivity contribution in [3.63, 3.8) is 0 Å². The van der Waals surface area contributed by atoms with Crippen LogP contribution in [0.25, 0.3) is 0 Å². The van der Waals surface area contributed by atoms with Gasteiger partial charge in [0, 0.05) is 0 Å². The molecule has 0 radical (unpaired) electrons. The van der Waals surface area contributed by atoms with Gasteiger partial charge in [0.25, 0.3) is 0 Å². The van der Waals surface area contributed by atoms with E-state index in [2.05, 4.69) is 5.32 Å². The van der Waals surface area contributed by atoms with Crippen LogP contribution in [0.15, 0.2) is 30.3 Å². The monoisotopic (exact) mass is 336 g/mol. The molecule has 1 aromatic carbocycles. The molecular formula is C17H24N2O5. The third-order valence-electron chi connectivity index (χ3n) is 3.55. The van der Waals surface area contributed by atoms with Gasteiger partial charge in [-0.3, -0.25) is 14.8 Å². The van der Waals surface area contributed by atoms with E-state index in [0.29, 0.717) is 11.5 Å². The second-order valence-electron chi connectivity index (χ2n) is 6.14. The van der Waals surface area contributed by atoms with Crippen LogP contribution < -0.4 is 5.32 Å². The lowest BCUT2D eigenvalue weighted by molar-refractivity contribution is -0.155. The number of nitrogens with zero attached hydrogens (tertiary/aromatic N) is 1. The van der Waals surface area contributed by atoms with E-state index in [9.17, 15) is 24.7 Å². The lowest BCUT2D eigenvalue weighted by Gasteiger charge is -2.23. The molecule has 0 aliphatic rings. The van der Waals surface area contributed by atoms with E-state index in [1.807, 2.05) is 44.2 Å². The van der Waals surface area contributed by atoms with Crippen LogP contribution in [0, 0.1) is 11.8 Å². The van der Waals surface area contributed by atoms with Crippen LogP contribution in [0.2, 0.25) is 0 Å². The topological polar surface area (TPSA) is 107 Å². The van der Waals surface area contributed by atoms with Crippen LogP contribution >= 0.6 is 0 Å². The summed E-state index contributed by atoms with van der Waals surface area (Å²) in [7, 11) is 0. The molecule has 1 rings (SSSR count). The molecule has 0 saturated heterocycles. The number of amides is 2. The molecule has 0 aromatic heterocycles. The summed E-state index contributed by atoms with van der Waals surface area (Å²) in [4.78, 5) is 34.4. The fourth-order valence-corrected chi connectivity index (χ4v) is 2.39. The van der Waals surface area contributed by atoms with Crippen molar-refractivity contribution < 1.29 is 24.7 Å². The maximum atomic E-state index is 12.5. The van der Waals surface area contributed by atoms with Crippen molar-refractivity contribution in [1.29, 1.82) is 0 Å². The standard InChI is InChI=1S/C17H24N2O5/c1-12(2)8-15(17(22)23)18-16(21)14(10-19(24)11-20)9-13-6-4-3-5-7-13/h3-7,11-12,14-15,24H,8-10H2,1-2H3,(H,18,21)(H,22,23)/t14?,15-/m1/s1. The highest BCUT2D eigenvalue weighted by Crippen LogP contribution is 2.12. The van der Waals surface area contributed by atoms with E-state index in [0.717, 1.165) is 5.56 Å². The number of hydrogen-bond donors (Lipinski definition) is 3. The SMILES string of the molecule is CC(C)C[C@@H](NC(=O)C(Cc1ccccc1)CN(O)C=O)C(=O)O. The quantitative estimate of drug-likeness (QED) is 0.339. The number of hydrogen-bond acceptors (Lipinski definition) is 4. The Bertz CT molecular complexity index is 547. The molecule has 0 bridgehead atoms. The van der Waals surface area contributed by atoms with Gasteiger partial charge in [-0.05, 0) is 24.3 Å². The summed E-state index contributed by atoms with van der Waals surface area (Å²) >= 11 is 0. The number of carboxylic acid groups (broad SMARTS) is 1. The Morgan fingerprint density at radius 2 is 1.88 bits per heavy atom. The number of carboxylic acids is 1. The van der Waals surface area contributed by atoms with Gasteiger partial charge in [0.1, 0.15) is 6.04 Å². The van der Waals surface area contributed by atoms with Crippen LogP contribution in [0.4, 0.5) is 0 Å². The summed E-state index contributed by atoms with van der Waals surface area (Å²) < 4.78 is 0. The van der Waals surface area contributed by atoms with Gasteiger partial charge in [-0.25, -0.2) is 9.86 Å². The summed E-state index contributed by atoms with van der Waals surface area (Å²) in [5, 5.41) is 21.6. The summed E-state index contributed by atoms with van der Waals surface area (Å²) in [6, 6.07) is 8.13. The fourth-order valence-electron chi connectivity index (χ4n) is 2.39. The third-order valence-corrected chi connectivity index (χ3v) is 3.55. The van der Waals surface area contributed by atoms with Crippen LogP contribution in [-0.4, -0.2) is 46.3 Å². The van der Waals surface area contributed by atoms with E-state index >= 15 is 0 Å². The van der Waals surface area contributed by atoms with Crippen molar-refractivity contribution in [2.75, 3.05) is 6.54 Å². The first-order valence-corrected chi connectivity index (χ1v) is 7.81. The Kier molecular flexibility index (Phi) is 7.91. The Morgan fingerprint density at radius 3 is 2.38 bits per heavy atom. The molecule has 7 nitrogen and oxygen atoms in total. The summed E-state index contributed by atoms with van der Waals surface area (Å²) in [6.07, 6.45) is 0.801. The first-order chi connectivity index (χ1) is 11.3. The predicted octanol–water partition coefficient (Wildman–Crippen LogP) is 1.31. The molecule has 7 heteroatoms. The molecule has 0 aliphatic heterocycles. The van der Waals surface area contributed by atoms with Crippen LogP contribution in [0.3, 0.4) is 0 Å². The molecule has 0 spiro atoms. The first-order valence-electron chi connectivity index (χ1n) is 7.81. The minimum Gasteiger partial charge on any atom is -0.480 e. The second-order valence-corrected chi connectivity index (χ2v) is 6.14. The molecule has 0 heterocycles. The fraction of sp³-hybridized carbons (Fsp3) is 0.471. The van der Waals surface area contributed by atoms with Crippen LogP contribution in [-0.2, 0) is 20.8 Å². The third kappa shape index (κ3) is 6.78. The molecule has 3 N–H and O–H groups in total. The van der Waals surface area contributed by atoms with Crippen LogP contribution in [0.1, 0.15) is 25.8 Å². The van der Waals surface area contributed by atoms with E-state index in [1.54, 1.807) is 0 Å². The predicted molar refractivity (Wildman–Crippen MR) is 87.2 cm³/mol. The van der Waals surface area contributed by atoms with Crippen molar-refractivity contribution >= 4 is 18.3 Å². The van der Waals surface area contributed by atoms with Gasteiger partial charge < -0.3 is 10.4 Å².